The Morgan fingerprint density at radius 3 is 1.97 bits per heavy atom. The summed E-state index contributed by atoms with van der Waals surface area (Å²) in [6, 6.07) is 26.4. The zero-order valence-electron chi connectivity index (χ0n) is 17.5. The van der Waals surface area contributed by atoms with Crippen molar-refractivity contribution in [3.8, 4) is 0 Å². The minimum atomic E-state index is -0.639. The fraction of sp³-hybridized carbons (Fsp3) is 0.231. The number of carbonyl (C=O) groups excluding carboxylic acids is 2. The highest BCUT2D eigenvalue weighted by Crippen LogP contribution is 2.11. The highest BCUT2D eigenvalue weighted by molar-refractivity contribution is 5.97. The lowest BCUT2D eigenvalue weighted by Gasteiger charge is -2.25. The van der Waals surface area contributed by atoms with Gasteiger partial charge in [0, 0.05) is 25.6 Å². The van der Waals surface area contributed by atoms with Crippen molar-refractivity contribution in [2.75, 3.05) is 7.05 Å². The molecule has 0 radical (unpaired) electrons. The second-order valence-corrected chi connectivity index (χ2v) is 7.45. The predicted molar refractivity (Wildman–Crippen MR) is 120 cm³/mol. The average molecular weight is 401 g/mol. The maximum absolute atomic E-state index is 13.3. The molecular weight excluding hydrogens is 372 g/mol. The maximum atomic E-state index is 13.3. The van der Waals surface area contributed by atoms with Crippen LogP contribution in [-0.4, -0.2) is 29.8 Å². The largest absolute Gasteiger partial charge is 0.340 e. The molecular formula is C26H28N2O2. The molecule has 0 spiro atoms. The molecule has 2 amide bonds. The van der Waals surface area contributed by atoms with Gasteiger partial charge in [0.2, 0.25) is 5.91 Å². The lowest BCUT2D eigenvalue weighted by molar-refractivity contribution is -0.132. The molecule has 30 heavy (non-hydrogen) atoms. The summed E-state index contributed by atoms with van der Waals surface area (Å²) in [5.74, 6) is -0.353. The Hall–Kier alpha value is -3.40. The van der Waals surface area contributed by atoms with Gasteiger partial charge in [-0.3, -0.25) is 9.59 Å². The third-order valence-electron chi connectivity index (χ3n) is 5.15. The Kier molecular flexibility index (Phi) is 7.39. The van der Waals surface area contributed by atoms with E-state index in [1.807, 2.05) is 48.5 Å². The van der Waals surface area contributed by atoms with Crippen LogP contribution in [0.15, 0.2) is 84.9 Å². The molecule has 1 atom stereocenters. The van der Waals surface area contributed by atoms with Gasteiger partial charge in [0.25, 0.3) is 5.91 Å². The number of rotatable bonds is 8. The van der Waals surface area contributed by atoms with Gasteiger partial charge in [0.15, 0.2) is 0 Å². The SMILES string of the molecule is CCc1ccc(CN(C)C(=O)[C@H](Cc2ccccc2)NC(=O)c2ccccc2)cc1. The van der Waals surface area contributed by atoms with Crippen LogP contribution in [0.25, 0.3) is 0 Å². The van der Waals surface area contributed by atoms with Gasteiger partial charge in [0.1, 0.15) is 6.04 Å². The molecule has 3 aromatic carbocycles. The van der Waals surface area contributed by atoms with Crippen molar-refractivity contribution in [2.24, 2.45) is 0 Å². The first-order valence-corrected chi connectivity index (χ1v) is 10.3. The fourth-order valence-electron chi connectivity index (χ4n) is 3.38. The van der Waals surface area contributed by atoms with Crippen molar-refractivity contribution < 1.29 is 9.59 Å². The van der Waals surface area contributed by atoms with Crippen molar-refractivity contribution >= 4 is 11.8 Å². The molecule has 0 bridgehead atoms. The van der Waals surface area contributed by atoms with E-state index in [1.54, 1.807) is 24.1 Å². The minimum absolute atomic E-state index is 0.109. The van der Waals surface area contributed by atoms with E-state index in [1.165, 1.54) is 5.56 Å². The van der Waals surface area contributed by atoms with Crippen LogP contribution in [0.4, 0.5) is 0 Å². The van der Waals surface area contributed by atoms with Gasteiger partial charge in [-0.05, 0) is 35.2 Å². The number of aryl methyl sites for hydroxylation is 1. The summed E-state index contributed by atoms with van der Waals surface area (Å²) >= 11 is 0. The number of likely N-dealkylation sites (N-methyl/N-ethyl adjacent to an activating group) is 1. The lowest BCUT2D eigenvalue weighted by atomic mass is 10.0. The van der Waals surface area contributed by atoms with Crippen molar-refractivity contribution in [1.29, 1.82) is 0 Å². The van der Waals surface area contributed by atoms with Gasteiger partial charge >= 0.3 is 0 Å². The molecule has 0 fully saturated rings. The van der Waals surface area contributed by atoms with Crippen molar-refractivity contribution in [3.63, 3.8) is 0 Å². The maximum Gasteiger partial charge on any atom is 0.251 e. The Morgan fingerprint density at radius 1 is 0.800 bits per heavy atom. The van der Waals surface area contributed by atoms with Gasteiger partial charge in [-0.25, -0.2) is 0 Å². The monoisotopic (exact) mass is 400 g/mol. The van der Waals surface area contributed by atoms with Gasteiger partial charge in [-0.2, -0.15) is 0 Å². The molecule has 0 aromatic heterocycles. The summed E-state index contributed by atoms with van der Waals surface area (Å²) in [4.78, 5) is 27.7. The molecule has 3 rings (SSSR count). The van der Waals surface area contributed by atoms with E-state index in [4.69, 9.17) is 0 Å². The molecule has 3 aromatic rings. The van der Waals surface area contributed by atoms with E-state index in [-0.39, 0.29) is 11.8 Å². The molecule has 0 unspecified atom stereocenters. The van der Waals surface area contributed by atoms with Crippen LogP contribution in [0.3, 0.4) is 0 Å². The molecule has 4 heteroatoms. The first kappa shape index (κ1) is 21.3. The Labute approximate surface area is 178 Å². The first-order valence-electron chi connectivity index (χ1n) is 10.3. The summed E-state index contributed by atoms with van der Waals surface area (Å²) in [5, 5.41) is 2.94. The standard InChI is InChI=1S/C26H28N2O2/c1-3-20-14-16-22(17-15-20)19-28(2)26(30)24(18-21-10-6-4-7-11-21)27-25(29)23-12-8-5-9-13-23/h4-17,24H,3,18-19H2,1-2H3,(H,27,29)/t24-/m0/s1. The number of carbonyl (C=O) groups is 2. The Bertz CT molecular complexity index is 953. The van der Waals surface area contributed by atoms with E-state index in [0.29, 0.717) is 18.5 Å². The molecule has 0 saturated heterocycles. The normalized spacial score (nSPS) is 11.5. The Balaban J connectivity index is 1.75. The Morgan fingerprint density at radius 2 is 1.37 bits per heavy atom. The topological polar surface area (TPSA) is 49.4 Å². The fourth-order valence-corrected chi connectivity index (χ4v) is 3.38. The molecule has 1 N–H and O–H groups in total. The quantitative estimate of drug-likeness (QED) is 0.615. The van der Waals surface area contributed by atoms with Crippen LogP contribution >= 0.6 is 0 Å². The number of amides is 2. The lowest BCUT2D eigenvalue weighted by Crippen LogP contribution is -2.48. The van der Waals surface area contributed by atoms with Gasteiger partial charge < -0.3 is 10.2 Å². The van der Waals surface area contributed by atoms with Crippen LogP contribution in [0.1, 0.15) is 34.0 Å². The third-order valence-corrected chi connectivity index (χ3v) is 5.15. The van der Waals surface area contributed by atoms with E-state index < -0.39 is 6.04 Å². The molecule has 0 saturated carbocycles. The van der Waals surface area contributed by atoms with Crippen LogP contribution < -0.4 is 5.32 Å². The molecule has 0 aliphatic heterocycles. The summed E-state index contributed by atoms with van der Waals surface area (Å²) in [7, 11) is 1.78. The third kappa shape index (κ3) is 5.80. The number of nitrogens with zero attached hydrogens (tertiary/aromatic N) is 1. The average Bonchev–Trinajstić information content (AvgIpc) is 2.79. The summed E-state index contributed by atoms with van der Waals surface area (Å²) in [6.45, 7) is 2.61. The number of hydrogen-bond acceptors (Lipinski definition) is 2. The van der Waals surface area contributed by atoms with Crippen LogP contribution in [0, 0.1) is 0 Å². The minimum Gasteiger partial charge on any atom is -0.340 e. The van der Waals surface area contributed by atoms with E-state index in [9.17, 15) is 9.59 Å². The first-order chi connectivity index (χ1) is 14.6. The summed E-state index contributed by atoms with van der Waals surface area (Å²) in [6.07, 6.45) is 1.43. The second kappa shape index (κ2) is 10.4. The smallest absolute Gasteiger partial charge is 0.251 e. The van der Waals surface area contributed by atoms with Crippen LogP contribution in [-0.2, 0) is 24.2 Å². The van der Waals surface area contributed by atoms with E-state index in [0.717, 1.165) is 17.5 Å². The summed E-state index contributed by atoms with van der Waals surface area (Å²) in [5.41, 5.74) is 3.88. The van der Waals surface area contributed by atoms with Crippen molar-refractivity contribution in [1.82, 2.24) is 10.2 Å². The second-order valence-electron chi connectivity index (χ2n) is 7.45. The highest BCUT2D eigenvalue weighted by Gasteiger charge is 2.25. The van der Waals surface area contributed by atoms with Crippen molar-refractivity contribution in [3.05, 3.63) is 107 Å². The molecule has 0 aliphatic carbocycles. The van der Waals surface area contributed by atoms with Gasteiger partial charge in [-0.1, -0.05) is 79.7 Å². The predicted octanol–water partition coefficient (Wildman–Crippen LogP) is 4.25. The van der Waals surface area contributed by atoms with E-state index >= 15 is 0 Å². The molecule has 4 nitrogen and oxygen atoms in total. The zero-order chi connectivity index (χ0) is 21.3. The zero-order valence-corrected chi connectivity index (χ0v) is 17.5. The number of nitrogens with one attached hydrogen (secondary N) is 1. The van der Waals surface area contributed by atoms with Crippen LogP contribution in [0.2, 0.25) is 0 Å². The van der Waals surface area contributed by atoms with Gasteiger partial charge in [-0.15, -0.1) is 0 Å². The van der Waals surface area contributed by atoms with Crippen LogP contribution in [0.5, 0.6) is 0 Å². The van der Waals surface area contributed by atoms with E-state index in [2.05, 4.69) is 36.5 Å². The number of benzene rings is 3. The molecule has 154 valence electrons. The number of hydrogen-bond donors (Lipinski definition) is 1. The highest BCUT2D eigenvalue weighted by atomic mass is 16.2. The van der Waals surface area contributed by atoms with Gasteiger partial charge in [0.05, 0.1) is 0 Å². The molecule has 0 heterocycles. The summed E-state index contributed by atoms with van der Waals surface area (Å²) < 4.78 is 0. The molecule has 0 aliphatic rings. The van der Waals surface area contributed by atoms with Crippen molar-refractivity contribution in [2.45, 2.75) is 32.4 Å².